The van der Waals surface area contributed by atoms with E-state index in [2.05, 4.69) is 41.0 Å². The number of hydrogen-bond acceptors (Lipinski definition) is 5. The van der Waals surface area contributed by atoms with Gasteiger partial charge in [0.15, 0.2) is 0 Å². The zero-order valence-corrected chi connectivity index (χ0v) is 12.0. The average molecular weight is 252 g/mol. The summed E-state index contributed by atoms with van der Waals surface area (Å²) in [6.45, 7) is 7.99. The SMILES string of the molecule is CCc1c(NC)ncnc1N(CC)C(C)COC. The van der Waals surface area contributed by atoms with E-state index in [1.54, 1.807) is 13.4 Å². The van der Waals surface area contributed by atoms with E-state index in [1.165, 1.54) is 0 Å². The van der Waals surface area contributed by atoms with Gasteiger partial charge >= 0.3 is 0 Å². The fourth-order valence-electron chi connectivity index (χ4n) is 2.19. The first-order valence-corrected chi connectivity index (χ1v) is 6.46. The van der Waals surface area contributed by atoms with Crippen molar-refractivity contribution in [1.82, 2.24) is 9.97 Å². The summed E-state index contributed by atoms with van der Waals surface area (Å²) in [6, 6.07) is 0.296. The molecule has 1 atom stereocenters. The molecule has 102 valence electrons. The van der Waals surface area contributed by atoms with Crippen molar-refractivity contribution in [1.29, 1.82) is 0 Å². The molecule has 0 aliphatic heterocycles. The van der Waals surface area contributed by atoms with Crippen molar-refractivity contribution in [2.45, 2.75) is 33.2 Å². The second-order valence-corrected chi connectivity index (χ2v) is 4.22. The third kappa shape index (κ3) is 3.10. The van der Waals surface area contributed by atoms with Gasteiger partial charge in [-0.15, -0.1) is 0 Å². The summed E-state index contributed by atoms with van der Waals surface area (Å²) in [5.41, 5.74) is 1.16. The van der Waals surface area contributed by atoms with E-state index in [1.807, 2.05) is 7.05 Å². The first-order chi connectivity index (χ1) is 8.69. The highest BCUT2D eigenvalue weighted by Gasteiger charge is 2.19. The summed E-state index contributed by atoms with van der Waals surface area (Å²) in [7, 11) is 3.62. The van der Waals surface area contributed by atoms with Gasteiger partial charge in [-0.2, -0.15) is 0 Å². The van der Waals surface area contributed by atoms with E-state index in [-0.39, 0.29) is 0 Å². The Morgan fingerprint density at radius 1 is 1.39 bits per heavy atom. The normalized spacial score (nSPS) is 12.3. The lowest BCUT2D eigenvalue weighted by molar-refractivity contribution is 0.181. The Balaban J connectivity index is 3.12. The molecule has 0 fully saturated rings. The van der Waals surface area contributed by atoms with Crippen LogP contribution in [0.3, 0.4) is 0 Å². The molecular formula is C13H24N4O. The Morgan fingerprint density at radius 3 is 2.61 bits per heavy atom. The van der Waals surface area contributed by atoms with Crippen LogP contribution in [0.5, 0.6) is 0 Å². The van der Waals surface area contributed by atoms with Crippen LogP contribution in [0.1, 0.15) is 26.3 Å². The first-order valence-electron chi connectivity index (χ1n) is 6.46. The third-order valence-electron chi connectivity index (χ3n) is 3.07. The average Bonchev–Trinajstić information content (AvgIpc) is 2.39. The maximum absolute atomic E-state index is 5.24. The molecule has 18 heavy (non-hydrogen) atoms. The highest BCUT2D eigenvalue weighted by atomic mass is 16.5. The fourth-order valence-corrected chi connectivity index (χ4v) is 2.19. The molecule has 5 nitrogen and oxygen atoms in total. The summed E-state index contributed by atoms with van der Waals surface area (Å²) in [4.78, 5) is 11.0. The van der Waals surface area contributed by atoms with Gasteiger partial charge in [0.2, 0.25) is 0 Å². The van der Waals surface area contributed by atoms with Gasteiger partial charge in [-0.3, -0.25) is 0 Å². The van der Waals surface area contributed by atoms with E-state index >= 15 is 0 Å². The van der Waals surface area contributed by atoms with Crippen molar-refractivity contribution >= 4 is 11.6 Å². The molecule has 0 saturated carbocycles. The lowest BCUT2D eigenvalue weighted by Gasteiger charge is -2.30. The highest BCUT2D eigenvalue weighted by molar-refractivity contribution is 5.58. The second kappa shape index (κ2) is 7.16. The van der Waals surface area contributed by atoms with Crippen LogP contribution in [0.25, 0.3) is 0 Å². The van der Waals surface area contributed by atoms with Gasteiger partial charge in [0.05, 0.1) is 12.6 Å². The summed E-state index contributed by atoms with van der Waals surface area (Å²) in [5.74, 6) is 1.91. The predicted molar refractivity (Wildman–Crippen MR) is 75.3 cm³/mol. The number of ether oxygens (including phenoxy) is 1. The number of likely N-dealkylation sites (N-methyl/N-ethyl adjacent to an activating group) is 1. The Kier molecular flexibility index (Phi) is 5.85. The van der Waals surface area contributed by atoms with Crippen LogP contribution in [0, 0.1) is 0 Å². The third-order valence-corrected chi connectivity index (χ3v) is 3.07. The maximum Gasteiger partial charge on any atom is 0.137 e. The summed E-state index contributed by atoms with van der Waals surface area (Å²) in [6.07, 6.45) is 2.52. The molecule has 0 aliphatic rings. The second-order valence-electron chi connectivity index (χ2n) is 4.22. The minimum atomic E-state index is 0.296. The molecule has 1 rings (SSSR count). The minimum Gasteiger partial charge on any atom is -0.383 e. The molecule has 1 aromatic heterocycles. The van der Waals surface area contributed by atoms with Crippen molar-refractivity contribution < 1.29 is 4.74 Å². The molecule has 0 bridgehead atoms. The van der Waals surface area contributed by atoms with Gasteiger partial charge in [-0.1, -0.05) is 6.92 Å². The number of aromatic nitrogens is 2. The number of methoxy groups -OCH3 is 1. The Hall–Kier alpha value is -1.36. The summed E-state index contributed by atoms with van der Waals surface area (Å²) >= 11 is 0. The van der Waals surface area contributed by atoms with Crippen molar-refractivity contribution in [3.8, 4) is 0 Å². The lowest BCUT2D eigenvalue weighted by Crippen LogP contribution is -2.37. The maximum atomic E-state index is 5.24. The molecule has 0 radical (unpaired) electrons. The number of anilines is 2. The zero-order valence-electron chi connectivity index (χ0n) is 12.0. The van der Waals surface area contributed by atoms with Crippen LogP contribution >= 0.6 is 0 Å². The van der Waals surface area contributed by atoms with Crippen molar-refractivity contribution in [2.24, 2.45) is 0 Å². The zero-order chi connectivity index (χ0) is 13.5. The van der Waals surface area contributed by atoms with Gasteiger partial charge in [0.1, 0.15) is 18.0 Å². The van der Waals surface area contributed by atoms with E-state index in [9.17, 15) is 0 Å². The van der Waals surface area contributed by atoms with Crippen LogP contribution in [0.2, 0.25) is 0 Å². The molecule has 0 saturated heterocycles. The fraction of sp³-hybridized carbons (Fsp3) is 0.692. The largest absolute Gasteiger partial charge is 0.383 e. The number of hydrogen-bond donors (Lipinski definition) is 1. The lowest BCUT2D eigenvalue weighted by atomic mass is 10.1. The molecule has 0 spiro atoms. The van der Waals surface area contributed by atoms with Gasteiger partial charge in [0.25, 0.3) is 0 Å². The Bertz CT molecular complexity index is 370. The van der Waals surface area contributed by atoms with E-state index < -0.39 is 0 Å². The smallest absolute Gasteiger partial charge is 0.137 e. The van der Waals surface area contributed by atoms with Gasteiger partial charge in [0, 0.05) is 26.3 Å². The minimum absolute atomic E-state index is 0.296. The molecule has 1 aromatic rings. The molecule has 0 aromatic carbocycles. The first kappa shape index (κ1) is 14.7. The molecule has 0 aliphatic carbocycles. The van der Waals surface area contributed by atoms with E-state index in [0.29, 0.717) is 12.6 Å². The van der Waals surface area contributed by atoms with Gasteiger partial charge < -0.3 is 15.0 Å². The van der Waals surface area contributed by atoms with Gasteiger partial charge in [-0.25, -0.2) is 9.97 Å². The monoisotopic (exact) mass is 252 g/mol. The number of nitrogens with zero attached hydrogens (tertiary/aromatic N) is 3. The molecule has 1 N–H and O–H groups in total. The molecular weight excluding hydrogens is 228 g/mol. The molecule has 1 heterocycles. The van der Waals surface area contributed by atoms with Crippen LogP contribution in [-0.4, -0.2) is 43.3 Å². The number of nitrogens with one attached hydrogen (secondary N) is 1. The molecule has 0 amide bonds. The highest BCUT2D eigenvalue weighted by Crippen LogP contribution is 2.25. The summed E-state index contributed by atoms with van der Waals surface area (Å²) in [5, 5.41) is 3.13. The summed E-state index contributed by atoms with van der Waals surface area (Å²) < 4.78 is 5.24. The molecule has 5 heteroatoms. The van der Waals surface area contributed by atoms with E-state index in [4.69, 9.17) is 4.74 Å². The topological polar surface area (TPSA) is 50.3 Å². The van der Waals surface area contributed by atoms with E-state index in [0.717, 1.165) is 30.2 Å². The van der Waals surface area contributed by atoms with Crippen LogP contribution in [-0.2, 0) is 11.2 Å². The standard InChI is InChI=1S/C13H24N4O/c1-6-11-12(14-4)15-9-16-13(11)17(7-2)10(3)8-18-5/h9-10H,6-8H2,1-5H3,(H,14,15,16). The van der Waals surface area contributed by atoms with Crippen molar-refractivity contribution in [3.63, 3.8) is 0 Å². The Morgan fingerprint density at radius 2 is 2.11 bits per heavy atom. The van der Waals surface area contributed by atoms with Crippen LogP contribution < -0.4 is 10.2 Å². The quantitative estimate of drug-likeness (QED) is 0.803. The Labute approximate surface area is 110 Å². The van der Waals surface area contributed by atoms with Crippen LogP contribution in [0.15, 0.2) is 6.33 Å². The van der Waals surface area contributed by atoms with Crippen molar-refractivity contribution in [3.05, 3.63) is 11.9 Å². The van der Waals surface area contributed by atoms with Crippen LogP contribution in [0.4, 0.5) is 11.6 Å². The van der Waals surface area contributed by atoms with Gasteiger partial charge in [-0.05, 0) is 20.3 Å². The predicted octanol–water partition coefficient (Wildman–Crippen LogP) is 1.94. The van der Waals surface area contributed by atoms with Crippen molar-refractivity contribution in [2.75, 3.05) is 37.5 Å². The number of rotatable bonds is 7. The molecule has 1 unspecified atom stereocenters.